The topological polar surface area (TPSA) is 99.4 Å². The molecule has 6 aromatic carbocycles. The van der Waals surface area contributed by atoms with Gasteiger partial charge in [0, 0.05) is 22.3 Å². The van der Waals surface area contributed by atoms with E-state index >= 15 is 0 Å². The van der Waals surface area contributed by atoms with Crippen LogP contribution in [0.5, 0.6) is 34.5 Å². The minimum Gasteiger partial charge on any atom is -0.507 e. The fourth-order valence-electron chi connectivity index (χ4n) is 5.50. The number of benzene rings is 6. The maximum atomic E-state index is 11.2. The minimum atomic E-state index is -0.0541. The Morgan fingerprint density at radius 1 is 0.452 bits per heavy atom. The summed E-state index contributed by atoms with van der Waals surface area (Å²) in [7, 11) is 0. The quantitative estimate of drug-likeness (QED) is 0.140. The number of aromatic hydroxyl groups is 4. The Kier molecular flexibility index (Phi) is 6.80. The third-order valence-corrected chi connectivity index (χ3v) is 7.33. The van der Waals surface area contributed by atoms with Gasteiger partial charge in [-0.15, -0.1) is 0 Å². The lowest BCUT2D eigenvalue weighted by Gasteiger charge is -2.18. The lowest BCUT2D eigenvalue weighted by Crippen LogP contribution is -1.94. The van der Waals surface area contributed by atoms with Crippen LogP contribution in [-0.4, -0.2) is 33.6 Å². The SMILES string of the molecule is C=CCOc1ccc2ccc(O)c(-c3c(O)ccc4c(-c5c(O)ccc6ccc(OCC=C)cc56)c(O)ccc34)c2c1. The summed E-state index contributed by atoms with van der Waals surface area (Å²) in [6, 6.07) is 24.3. The smallest absolute Gasteiger partial charge is 0.124 e. The van der Waals surface area contributed by atoms with Gasteiger partial charge in [0.05, 0.1) is 0 Å². The lowest BCUT2D eigenvalue weighted by molar-refractivity contribution is 0.363. The van der Waals surface area contributed by atoms with Gasteiger partial charge in [-0.1, -0.05) is 49.6 Å². The highest BCUT2D eigenvalue weighted by Gasteiger charge is 2.22. The average molecular weight is 557 g/mol. The number of hydrogen-bond acceptors (Lipinski definition) is 6. The van der Waals surface area contributed by atoms with Gasteiger partial charge in [0.2, 0.25) is 0 Å². The second-order valence-electron chi connectivity index (χ2n) is 9.90. The Hall–Kier alpha value is -5.62. The van der Waals surface area contributed by atoms with Gasteiger partial charge in [-0.2, -0.15) is 0 Å². The molecule has 0 saturated carbocycles. The van der Waals surface area contributed by atoms with Gasteiger partial charge in [0.15, 0.2) is 0 Å². The molecule has 42 heavy (non-hydrogen) atoms. The Morgan fingerprint density at radius 2 is 0.786 bits per heavy atom. The monoisotopic (exact) mass is 556 g/mol. The highest BCUT2D eigenvalue weighted by molar-refractivity contribution is 6.16. The van der Waals surface area contributed by atoms with Gasteiger partial charge in [0.1, 0.15) is 47.7 Å². The molecular formula is C36H28O6. The van der Waals surface area contributed by atoms with Crippen molar-refractivity contribution >= 4 is 32.3 Å². The summed E-state index contributed by atoms with van der Waals surface area (Å²) in [4.78, 5) is 0. The molecule has 0 spiro atoms. The molecule has 0 radical (unpaired) electrons. The van der Waals surface area contributed by atoms with Crippen molar-refractivity contribution in [1.29, 1.82) is 0 Å². The molecule has 0 aliphatic heterocycles. The molecule has 0 amide bonds. The minimum absolute atomic E-state index is 0.0298. The van der Waals surface area contributed by atoms with Crippen molar-refractivity contribution in [3.63, 3.8) is 0 Å². The van der Waals surface area contributed by atoms with Crippen LogP contribution in [0, 0.1) is 0 Å². The first kappa shape index (κ1) is 26.6. The molecule has 6 heteroatoms. The van der Waals surface area contributed by atoms with Crippen LogP contribution in [0.4, 0.5) is 0 Å². The maximum Gasteiger partial charge on any atom is 0.124 e. The van der Waals surface area contributed by atoms with Crippen molar-refractivity contribution < 1.29 is 29.9 Å². The van der Waals surface area contributed by atoms with Gasteiger partial charge in [-0.25, -0.2) is 0 Å². The molecular weight excluding hydrogens is 528 g/mol. The molecule has 0 atom stereocenters. The van der Waals surface area contributed by atoms with Gasteiger partial charge in [0.25, 0.3) is 0 Å². The van der Waals surface area contributed by atoms with E-state index in [1.807, 2.05) is 36.4 Å². The molecule has 4 N–H and O–H groups in total. The summed E-state index contributed by atoms with van der Waals surface area (Å²) in [5.74, 6) is 1.00. The first-order chi connectivity index (χ1) is 20.4. The van der Waals surface area contributed by atoms with Crippen molar-refractivity contribution in [3.8, 4) is 56.8 Å². The number of fused-ring (bicyclic) bond motifs is 3. The van der Waals surface area contributed by atoms with Crippen LogP contribution in [0.1, 0.15) is 0 Å². The molecule has 6 aromatic rings. The average Bonchev–Trinajstić information content (AvgIpc) is 3.00. The molecule has 6 rings (SSSR count). The Labute approximate surface area is 242 Å². The summed E-state index contributed by atoms with van der Waals surface area (Å²) in [6.07, 6.45) is 3.30. The fraction of sp³-hybridized carbons (Fsp3) is 0.0556. The molecule has 0 heterocycles. The van der Waals surface area contributed by atoms with Crippen molar-refractivity contribution in [3.05, 3.63) is 110 Å². The van der Waals surface area contributed by atoms with Crippen LogP contribution in [0.2, 0.25) is 0 Å². The van der Waals surface area contributed by atoms with E-state index in [0.717, 1.165) is 10.8 Å². The van der Waals surface area contributed by atoms with E-state index in [1.54, 1.807) is 48.6 Å². The molecule has 0 aliphatic carbocycles. The third kappa shape index (κ3) is 4.49. The highest BCUT2D eigenvalue weighted by atomic mass is 16.5. The summed E-state index contributed by atoms with van der Waals surface area (Å²) >= 11 is 0. The summed E-state index contributed by atoms with van der Waals surface area (Å²) in [6.45, 7) is 8.03. The predicted octanol–water partition coefficient (Wildman–Crippen LogP) is 8.43. The number of phenolic OH excluding ortho intramolecular Hbond substituents is 4. The molecule has 0 unspecified atom stereocenters. The van der Waals surface area contributed by atoms with E-state index in [2.05, 4.69) is 13.2 Å². The van der Waals surface area contributed by atoms with E-state index in [0.29, 0.717) is 68.5 Å². The van der Waals surface area contributed by atoms with Crippen LogP contribution in [0.25, 0.3) is 54.6 Å². The standard InChI is InChI=1S/C36H28O6/c1-3-17-41-23-9-5-21-7-13-29(37)35(27(21)19-23)33-25-11-16-32(40)34(26(25)12-15-31(33)39)36-28-20-24(42-18-4-2)10-6-22(28)8-14-30(36)38/h3-16,19-20,37-40H,1-2,17-18H2. The van der Waals surface area contributed by atoms with Crippen LogP contribution >= 0.6 is 0 Å². The first-order valence-corrected chi connectivity index (χ1v) is 13.4. The number of phenols is 4. The van der Waals surface area contributed by atoms with E-state index in [4.69, 9.17) is 9.47 Å². The second-order valence-corrected chi connectivity index (χ2v) is 9.90. The first-order valence-electron chi connectivity index (χ1n) is 13.4. The molecule has 0 bridgehead atoms. The normalized spacial score (nSPS) is 11.1. The van der Waals surface area contributed by atoms with E-state index in [-0.39, 0.29) is 23.0 Å². The Balaban J connectivity index is 1.67. The zero-order valence-electron chi connectivity index (χ0n) is 22.7. The summed E-state index contributed by atoms with van der Waals surface area (Å²) in [5, 5.41) is 49.0. The van der Waals surface area contributed by atoms with Crippen LogP contribution < -0.4 is 9.47 Å². The molecule has 6 nitrogen and oxygen atoms in total. The van der Waals surface area contributed by atoms with E-state index in [1.165, 1.54) is 12.1 Å². The van der Waals surface area contributed by atoms with E-state index in [9.17, 15) is 20.4 Å². The summed E-state index contributed by atoms with van der Waals surface area (Å²) in [5.41, 5.74) is 1.59. The van der Waals surface area contributed by atoms with Crippen LogP contribution in [-0.2, 0) is 0 Å². The van der Waals surface area contributed by atoms with Crippen LogP contribution in [0.15, 0.2) is 110 Å². The Bertz CT molecular complexity index is 1880. The number of hydrogen-bond donors (Lipinski definition) is 4. The molecule has 0 aromatic heterocycles. The highest BCUT2D eigenvalue weighted by Crippen LogP contribution is 2.50. The van der Waals surface area contributed by atoms with Crippen molar-refractivity contribution in [2.75, 3.05) is 13.2 Å². The van der Waals surface area contributed by atoms with Crippen LogP contribution in [0.3, 0.4) is 0 Å². The maximum absolute atomic E-state index is 11.2. The van der Waals surface area contributed by atoms with E-state index < -0.39 is 0 Å². The molecule has 208 valence electrons. The Morgan fingerprint density at radius 3 is 1.17 bits per heavy atom. The number of rotatable bonds is 8. The zero-order chi connectivity index (χ0) is 29.4. The summed E-state index contributed by atoms with van der Waals surface area (Å²) < 4.78 is 11.5. The largest absolute Gasteiger partial charge is 0.507 e. The molecule has 0 saturated heterocycles. The molecule has 0 fully saturated rings. The fourth-order valence-corrected chi connectivity index (χ4v) is 5.50. The van der Waals surface area contributed by atoms with Crippen molar-refractivity contribution in [2.45, 2.75) is 0 Å². The zero-order valence-corrected chi connectivity index (χ0v) is 22.7. The van der Waals surface area contributed by atoms with Gasteiger partial charge in [-0.05, 0) is 93.0 Å². The predicted molar refractivity (Wildman–Crippen MR) is 168 cm³/mol. The van der Waals surface area contributed by atoms with Gasteiger partial charge < -0.3 is 29.9 Å². The third-order valence-electron chi connectivity index (χ3n) is 7.33. The van der Waals surface area contributed by atoms with Gasteiger partial charge in [-0.3, -0.25) is 0 Å². The lowest BCUT2D eigenvalue weighted by atomic mass is 9.87. The number of ether oxygens (including phenoxy) is 2. The molecule has 0 aliphatic rings. The van der Waals surface area contributed by atoms with Crippen molar-refractivity contribution in [1.82, 2.24) is 0 Å². The second kappa shape index (κ2) is 10.7. The van der Waals surface area contributed by atoms with Gasteiger partial charge >= 0.3 is 0 Å². The van der Waals surface area contributed by atoms with Crippen molar-refractivity contribution in [2.24, 2.45) is 0 Å².